The second kappa shape index (κ2) is 8.31. The Balaban J connectivity index is 0.00000208. The number of nitrogens with one attached hydrogen (secondary N) is 1. The molecule has 0 radical (unpaired) electrons. The van der Waals surface area contributed by atoms with Gasteiger partial charge in [-0.15, -0.1) is 35.3 Å². The Labute approximate surface area is 164 Å². The Morgan fingerprint density at radius 1 is 1.33 bits per heavy atom. The zero-order valence-corrected chi connectivity index (χ0v) is 17.2. The molecule has 2 heterocycles. The molecule has 0 bridgehead atoms. The number of aliphatic imine (C=N–C) groups is 1. The molecule has 0 saturated carbocycles. The van der Waals surface area contributed by atoms with Crippen molar-refractivity contribution >= 4 is 47.0 Å². The van der Waals surface area contributed by atoms with Crippen LogP contribution in [0.3, 0.4) is 0 Å². The highest BCUT2D eigenvalue weighted by molar-refractivity contribution is 14.0. The Kier molecular flexibility index (Phi) is 6.65. The van der Waals surface area contributed by atoms with E-state index in [1.54, 1.807) is 11.3 Å². The molecule has 1 aliphatic heterocycles. The van der Waals surface area contributed by atoms with Gasteiger partial charge in [0.25, 0.3) is 0 Å². The first-order valence-electron chi connectivity index (χ1n) is 7.97. The number of hydrogen-bond donors (Lipinski definition) is 2. The maximum absolute atomic E-state index is 6.03. The third-order valence-electron chi connectivity index (χ3n) is 4.25. The van der Waals surface area contributed by atoms with E-state index in [4.69, 9.17) is 10.5 Å². The fraction of sp³-hybridized carbons (Fsp3) is 0.389. The molecule has 3 N–H and O–H groups in total. The molecule has 1 aromatic heterocycles. The normalized spacial score (nSPS) is 20.2. The molecular weight excluding hydrogens is 433 g/mol. The van der Waals surface area contributed by atoms with Crippen molar-refractivity contribution in [2.75, 3.05) is 18.5 Å². The van der Waals surface area contributed by atoms with E-state index in [1.807, 2.05) is 12.1 Å². The summed E-state index contributed by atoms with van der Waals surface area (Å²) in [6.07, 6.45) is 2.02. The molecule has 1 aliphatic rings. The molecule has 0 fully saturated rings. The summed E-state index contributed by atoms with van der Waals surface area (Å²) >= 11 is 1.79. The average molecular weight is 457 g/mol. The van der Waals surface area contributed by atoms with Crippen LogP contribution in [0.25, 0.3) is 0 Å². The molecule has 1 unspecified atom stereocenters. The van der Waals surface area contributed by atoms with E-state index in [-0.39, 0.29) is 29.6 Å². The number of aryl methyl sites for hydroxylation is 1. The quantitative estimate of drug-likeness (QED) is 0.412. The monoisotopic (exact) mass is 457 g/mol. The summed E-state index contributed by atoms with van der Waals surface area (Å²) in [7, 11) is 0. The fourth-order valence-corrected chi connectivity index (χ4v) is 3.81. The maximum Gasteiger partial charge on any atom is 0.193 e. The Morgan fingerprint density at radius 2 is 2.08 bits per heavy atom. The lowest BCUT2D eigenvalue weighted by Crippen LogP contribution is -2.36. The van der Waals surface area contributed by atoms with Crippen LogP contribution in [0.4, 0.5) is 5.69 Å². The van der Waals surface area contributed by atoms with Crippen molar-refractivity contribution < 1.29 is 4.74 Å². The first kappa shape index (κ1) is 19.2. The largest absolute Gasteiger partial charge is 0.370 e. The van der Waals surface area contributed by atoms with Crippen molar-refractivity contribution in [2.24, 2.45) is 10.7 Å². The third-order valence-corrected chi connectivity index (χ3v) is 5.23. The maximum atomic E-state index is 6.03. The van der Waals surface area contributed by atoms with Crippen LogP contribution in [0.5, 0.6) is 0 Å². The van der Waals surface area contributed by atoms with Gasteiger partial charge in [0, 0.05) is 17.0 Å². The highest BCUT2D eigenvalue weighted by Gasteiger charge is 2.33. The molecule has 24 heavy (non-hydrogen) atoms. The van der Waals surface area contributed by atoms with Gasteiger partial charge in [-0.05, 0) is 48.1 Å². The van der Waals surface area contributed by atoms with E-state index >= 15 is 0 Å². The summed E-state index contributed by atoms with van der Waals surface area (Å²) in [5.41, 5.74) is 9.16. The number of fused-ring (bicyclic) bond motifs is 1. The highest BCUT2D eigenvalue weighted by Crippen LogP contribution is 2.36. The number of halogens is 1. The van der Waals surface area contributed by atoms with Crippen molar-refractivity contribution in [1.82, 2.24) is 0 Å². The molecule has 130 valence electrons. The second-order valence-corrected chi connectivity index (χ2v) is 6.96. The van der Waals surface area contributed by atoms with Gasteiger partial charge in [-0.1, -0.05) is 19.1 Å². The van der Waals surface area contributed by atoms with Gasteiger partial charge < -0.3 is 15.8 Å². The average Bonchev–Trinajstić information content (AvgIpc) is 3.04. The molecule has 0 aliphatic carbocycles. The van der Waals surface area contributed by atoms with Crippen molar-refractivity contribution in [3.8, 4) is 0 Å². The molecule has 0 saturated heterocycles. The number of benzene rings is 1. The van der Waals surface area contributed by atoms with Gasteiger partial charge in [0.1, 0.15) is 5.60 Å². The second-order valence-electron chi connectivity index (χ2n) is 5.96. The molecule has 0 spiro atoms. The summed E-state index contributed by atoms with van der Waals surface area (Å²) in [4.78, 5) is 5.90. The number of hydrogen-bond acceptors (Lipinski definition) is 3. The van der Waals surface area contributed by atoms with Crippen LogP contribution in [-0.2, 0) is 23.2 Å². The topological polar surface area (TPSA) is 59.6 Å². The van der Waals surface area contributed by atoms with Gasteiger partial charge in [0.2, 0.25) is 0 Å². The van der Waals surface area contributed by atoms with Crippen molar-refractivity contribution in [3.05, 3.63) is 51.7 Å². The van der Waals surface area contributed by atoms with Crippen LogP contribution in [0.2, 0.25) is 0 Å². The first-order valence-corrected chi connectivity index (χ1v) is 8.85. The van der Waals surface area contributed by atoms with Gasteiger partial charge >= 0.3 is 0 Å². The molecule has 0 amide bonds. The minimum atomic E-state index is -0.383. The zero-order valence-electron chi connectivity index (χ0n) is 14.0. The Bertz CT molecular complexity index is 699. The van der Waals surface area contributed by atoms with E-state index in [1.165, 1.54) is 16.0 Å². The Hall–Kier alpha value is -1.12. The van der Waals surface area contributed by atoms with E-state index in [0.717, 1.165) is 25.1 Å². The number of nitrogens with zero attached hydrogens (tertiary/aromatic N) is 1. The van der Waals surface area contributed by atoms with Crippen LogP contribution >= 0.6 is 35.3 Å². The van der Waals surface area contributed by atoms with Crippen LogP contribution < -0.4 is 11.1 Å². The van der Waals surface area contributed by atoms with E-state index in [2.05, 4.69) is 47.7 Å². The number of guanidine groups is 1. The number of nitrogens with two attached hydrogens (primary N) is 1. The number of rotatable bonds is 4. The van der Waals surface area contributed by atoms with Crippen LogP contribution in [0.1, 0.15) is 29.9 Å². The number of anilines is 1. The van der Waals surface area contributed by atoms with E-state index in [9.17, 15) is 0 Å². The predicted molar refractivity (Wildman–Crippen MR) is 113 cm³/mol. The van der Waals surface area contributed by atoms with Crippen LogP contribution in [0.15, 0.2) is 40.7 Å². The van der Waals surface area contributed by atoms with Gasteiger partial charge in [0.05, 0.1) is 13.2 Å². The van der Waals surface area contributed by atoms with Crippen molar-refractivity contribution in [3.63, 3.8) is 0 Å². The SMILES string of the molecule is CCc1ccc(NC(N)=NCC2(C)OCCc3sccc32)cc1.I. The minimum absolute atomic E-state index is 0. The predicted octanol–water partition coefficient (Wildman–Crippen LogP) is 4.14. The van der Waals surface area contributed by atoms with E-state index < -0.39 is 0 Å². The van der Waals surface area contributed by atoms with Gasteiger partial charge in [-0.25, -0.2) is 4.99 Å². The van der Waals surface area contributed by atoms with Gasteiger partial charge in [-0.3, -0.25) is 0 Å². The summed E-state index contributed by atoms with van der Waals surface area (Å²) in [6, 6.07) is 10.4. The smallest absolute Gasteiger partial charge is 0.193 e. The summed E-state index contributed by atoms with van der Waals surface area (Å²) in [6.45, 7) is 5.49. The summed E-state index contributed by atoms with van der Waals surface area (Å²) < 4.78 is 6.00. The fourth-order valence-electron chi connectivity index (χ4n) is 2.83. The lowest BCUT2D eigenvalue weighted by atomic mass is 9.93. The van der Waals surface area contributed by atoms with Crippen molar-refractivity contribution in [2.45, 2.75) is 32.3 Å². The minimum Gasteiger partial charge on any atom is -0.370 e. The van der Waals surface area contributed by atoms with Gasteiger partial charge in [0.15, 0.2) is 5.96 Å². The molecule has 2 aromatic rings. The van der Waals surface area contributed by atoms with E-state index in [0.29, 0.717) is 12.5 Å². The standard InChI is InChI=1S/C18H23N3OS.HI/c1-3-13-4-6-14(7-5-13)21-17(19)20-12-18(2)15-9-11-23-16(15)8-10-22-18;/h4-7,9,11H,3,8,10,12H2,1-2H3,(H3,19,20,21);1H. The molecule has 6 heteroatoms. The summed E-state index contributed by atoms with van der Waals surface area (Å²) in [5, 5.41) is 5.27. The van der Waals surface area contributed by atoms with Crippen molar-refractivity contribution in [1.29, 1.82) is 0 Å². The molecule has 1 aromatic carbocycles. The highest BCUT2D eigenvalue weighted by atomic mass is 127. The van der Waals surface area contributed by atoms with Crippen LogP contribution in [-0.4, -0.2) is 19.1 Å². The van der Waals surface area contributed by atoms with Crippen LogP contribution in [0, 0.1) is 0 Å². The summed E-state index contributed by atoms with van der Waals surface area (Å²) in [5.74, 6) is 0.418. The number of thiophene rings is 1. The zero-order chi connectivity index (χ0) is 16.3. The molecule has 3 rings (SSSR count). The molecular formula is C18H24IN3OS. The molecule has 4 nitrogen and oxygen atoms in total. The number of ether oxygens (including phenoxy) is 1. The lowest BCUT2D eigenvalue weighted by Gasteiger charge is -2.33. The third kappa shape index (κ3) is 4.29. The Morgan fingerprint density at radius 3 is 2.79 bits per heavy atom. The first-order chi connectivity index (χ1) is 11.1. The molecule has 1 atom stereocenters. The van der Waals surface area contributed by atoms with Gasteiger partial charge in [-0.2, -0.15) is 0 Å². The lowest BCUT2D eigenvalue weighted by molar-refractivity contribution is -0.0374.